The molecule has 0 spiro atoms. The Hall–Kier alpha value is -2.33. The van der Waals surface area contributed by atoms with Gasteiger partial charge in [0.1, 0.15) is 35.7 Å². The lowest BCUT2D eigenvalue weighted by Crippen LogP contribution is -2.49. The van der Waals surface area contributed by atoms with Crippen LogP contribution in [-0.2, 0) is 9.84 Å². The Labute approximate surface area is 203 Å². The molecule has 1 heterocycles. The van der Waals surface area contributed by atoms with Gasteiger partial charge in [-0.3, -0.25) is 10.2 Å². The number of piperazine rings is 1. The van der Waals surface area contributed by atoms with Crippen molar-refractivity contribution in [3.63, 3.8) is 0 Å². The van der Waals surface area contributed by atoms with Gasteiger partial charge in [-0.1, -0.05) is 18.2 Å². The summed E-state index contributed by atoms with van der Waals surface area (Å²) in [5.41, 5.74) is 1.28. The average Bonchev–Trinajstić information content (AvgIpc) is 2.82. The zero-order valence-corrected chi connectivity index (χ0v) is 21.1. The second kappa shape index (κ2) is 11.9. The van der Waals surface area contributed by atoms with Crippen molar-refractivity contribution in [3.8, 4) is 11.5 Å². The average molecular weight is 492 g/mol. The molecule has 3 rings (SSSR count). The fourth-order valence-electron chi connectivity index (χ4n) is 3.54. The molecule has 2 aromatic rings. The van der Waals surface area contributed by atoms with Gasteiger partial charge >= 0.3 is 0 Å². The number of para-hydroxylation sites is 1. The molecule has 1 aliphatic rings. The lowest BCUT2D eigenvalue weighted by atomic mass is 10.2. The molecule has 9 heteroatoms. The highest BCUT2D eigenvalue weighted by atomic mass is 32.2. The number of anilines is 1. The van der Waals surface area contributed by atoms with E-state index in [1.54, 1.807) is 26.0 Å². The van der Waals surface area contributed by atoms with Gasteiger partial charge < -0.3 is 19.5 Å². The number of rotatable bonds is 12. The van der Waals surface area contributed by atoms with Crippen molar-refractivity contribution < 1.29 is 23.0 Å². The molecule has 2 N–H and O–H groups in total. The predicted molar refractivity (Wildman–Crippen MR) is 135 cm³/mol. The summed E-state index contributed by atoms with van der Waals surface area (Å²) in [6.07, 6.45) is 0.331. The van der Waals surface area contributed by atoms with Gasteiger partial charge in [-0.2, -0.15) is 0 Å². The standard InChI is InChI=1S/C25H37N3O5S/c1-25(2,34(3,30)31)26-19-22(29)20-33-24-11-9-23(10-12-24)32-18-17-27-13-15-28(16-14-27)21-7-5-4-6-8-21/h4-12,22,26,29H,13-20H2,1-3H3/t22-/m0/s1. The Morgan fingerprint density at radius 1 is 0.971 bits per heavy atom. The summed E-state index contributed by atoms with van der Waals surface area (Å²) in [5, 5.41) is 13.0. The number of hydrogen-bond acceptors (Lipinski definition) is 8. The molecule has 0 aromatic heterocycles. The highest BCUT2D eigenvalue weighted by Crippen LogP contribution is 2.19. The third-order valence-electron chi connectivity index (χ3n) is 6.13. The van der Waals surface area contributed by atoms with E-state index in [0.29, 0.717) is 12.4 Å². The van der Waals surface area contributed by atoms with E-state index >= 15 is 0 Å². The number of hydrogen-bond donors (Lipinski definition) is 2. The number of aliphatic hydroxyl groups excluding tert-OH is 1. The number of nitrogens with zero attached hydrogens (tertiary/aromatic N) is 2. The fraction of sp³-hybridized carbons (Fsp3) is 0.520. The number of sulfone groups is 1. The van der Waals surface area contributed by atoms with E-state index in [1.165, 1.54) is 11.9 Å². The Kier molecular flexibility index (Phi) is 9.18. The maximum Gasteiger partial charge on any atom is 0.165 e. The molecule has 0 saturated carbocycles. The summed E-state index contributed by atoms with van der Waals surface area (Å²) in [6, 6.07) is 17.8. The second-order valence-corrected chi connectivity index (χ2v) is 11.7. The summed E-state index contributed by atoms with van der Waals surface area (Å²) in [4.78, 5) is 3.72. The van der Waals surface area contributed by atoms with E-state index in [1.807, 2.05) is 18.2 Å². The maximum absolute atomic E-state index is 11.7. The van der Waals surface area contributed by atoms with Crippen LogP contribution in [0.2, 0.25) is 0 Å². The van der Waals surface area contributed by atoms with Gasteiger partial charge in [0.05, 0.1) is 0 Å². The third-order valence-corrected chi connectivity index (χ3v) is 8.12. The van der Waals surface area contributed by atoms with E-state index in [-0.39, 0.29) is 13.2 Å². The van der Waals surface area contributed by atoms with Gasteiger partial charge in [0.25, 0.3) is 0 Å². The molecule has 0 bridgehead atoms. The lowest BCUT2D eigenvalue weighted by Gasteiger charge is -2.36. The molecule has 188 valence electrons. The highest BCUT2D eigenvalue weighted by molar-refractivity contribution is 7.92. The molecular formula is C25H37N3O5S. The van der Waals surface area contributed by atoms with Crippen LogP contribution in [0.5, 0.6) is 11.5 Å². The van der Waals surface area contributed by atoms with E-state index in [4.69, 9.17) is 9.47 Å². The Morgan fingerprint density at radius 2 is 1.56 bits per heavy atom. The fourth-order valence-corrected chi connectivity index (χ4v) is 3.88. The Bertz CT molecular complexity index is 975. The largest absolute Gasteiger partial charge is 0.492 e. The first kappa shape index (κ1) is 26.3. The monoisotopic (exact) mass is 491 g/mol. The van der Waals surface area contributed by atoms with Crippen LogP contribution < -0.4 is 19.7 Å². The van der Waals surface area contributed by atoms with Gasteiger partial charge in [-0.05, 0) is 50.2 Å². The van der Waals surface area contributed by atoms with Gasteiger partial charge in [0.15, 0.2) is 9.84 Å². The minimum Gasteiger partial charge on any atom is -0.492 e. The molecule has 0 aliphatic carbocycles. The second-order valence-electron chi connectivity index (χ2n) is 9.11. The number of ether oxygens (including phenoxy) is 2. The van der Waals surface area contributed by atoms with E-state index in [0.717, 1.165) is 38.5 Å². The summed E-state index contributed by atoms with van der Waals surface area (Å²) >= 11 is 0. The summed E-state index contributed by atoms with van der Waals surface area (Å²) in [5.74, 6) is 1.39. The van der Waals surface area contributed by atoms with Gasteiger partial charge in [-0.15, -0.1) is 0 Å². The van der Waals surface area contributed by atoms with Crippen molar-refractivity contribution in [1.29, 1.82) is 0 Å². The van der Waals surface area contributed by atoms with Crippen molar-refractivity contribution in [2.75, 3.05) is 63.6 Å². The van der Waals surface area contributed by atoms with Crippen LogP contribution in [0.3, 0.4) is 0 Å². The van der Waals surface area contributed by atoms with Crippen molar-refractivity contribution in [3.05, 3.63) is 54.6 Å². The van der Waals surface area contributed by atoms with Gasteiger partial charge in [0, 0.05) is 51.2 Å². The predicted octanol–water partition coefficient (Wildman–Crippen LogP) is 2.00. The number of nitrogens with one attached hydrogen (secondary N) is 1. The van der Waals surface area contributed by atoms with Crippen LogP contribution in [0.25, 0.3) is 0 Å². The van der Waals surface area contributed by atoms with E-state index in [9.17, 15) is 13.5 Å². The van der Waals surface area contributed by atoms with Crippen LogP contribution in [0.1, 0.15) is 13.8 Å². The molecule has 0 amide bonds. The summed E-state index contributed by atoms with van der Waals surface area (Å²) in [6.45, 7) is 8.87. The maximum atomic E-state index is 11.7. The number of benzene rings is 2. The van der Waals surface area contributed by atoms with E-state index < -0.39 is 20.8 Å². The minimum atomic E-state index is -3.28. The quantitative estimate of drug-likeness (QED) is 0.466. The SMILES string of the molecule is CC(C)(NC[C@H](O)COc1ccc(OCCN2CCN(c3ccccc3)CC2)cc1)S(C)(=O)=O. The molecule has 1 fully saturated rings. The normalized spacial score (nSPS) is 16.3. The molecule has 2 aromatic carbocycles. The van der Waals surface area contributed by atoms with Crippen LogP contribution in [0, 0.1) is 0 Å². The Balaban J connectivity index is 1.32. The summed E-state index contributed by atoms with van der Waals surface area (Å²) < 4.78 is 34.9. The zero-order valence-electron chi connectivity index (χ0n) is 20.3. The zero-order chi connectivity index (χ0) is 24.6. The van der Waals surface area contributed by atoms with Gasteiger partial charge in [0.2, 0.25) is 0 Å². The molecule has 34 heavy (non-hydrogen) atoms. The van der Waals surface area contributed by atoms with E-state index in [2.05, 4.69) is 39.4 Å². The van der Waals surface area contributed by atoms with Crippen molar-refractivity contribution in [1.82, 2.24) is 10.2 Å². The van der Waals surface area contributed by atoms with Crippen molar-refractivity contribution in [2.45, 2.75) is 24.8 Å². The smallest absolute Gasteiger partial charge is 0.165 e. The molecule has 1 saturated heterocycles. The van der Waals surface area contributed by atoms with Crippen LogP contribution in [0.15, 0.2) is 54.6 Å². The first-order valence-corrected chi connectivity index (χ1v) is 13.5. The van der Waals surface area contributed by atoms with Crippen LogP contribution in [0.4, 0.5) is 5.69 Å². The lowest BCUT2D eigenvalue weighted by molar-refractivity contribution is 0.103. The van der Waals surface area contributed by atoms with Crippen LogP contribution >= 0.6 is 0 Å². The molecule has 1 atom stereocenters. The molecule has 1 aliphatic heterocycles. The van der Waals surface area contributed by atoms with Gasteiger partial charge in [-0.25, -0.2) is 8.42 Å². The Morgan fingerprint density at radius 3 is 2.15 bits per heavy atom. The molecule has 0 unspecified atom stereocenters. The minimum absolute atomic E-state index is 0.0575. The van der Waals surface area contributed by atoms with Crippen molar-refractivity contribution >= 4 is 15.5 Å². The third kappa shape index (κ3) is 7.87. The first-order chi connectivity index (χ1) is 16.1. The molecule has 8 nitrogen and oxygen atoms in total. The summed E-state index contributed by atoms with van der Waals surface area (Å²) in [7, 11) is -3.28. The number of aliphatic hydroxyl groups is 1. The topological polar surface area (TPSA) is 91.3 Å². The first-order valence-electron chi connectivity index (χ1n) is 11.6. The molecular weight excluding hydrogens is 454 g/mol. The highest BCUT2D eigenvalue weighted by Gasteiger charge is 2.30. The molecule has 0 radical (unpaired) electrons. The van der Waals surface area contributed by atoms with Crippen molar-refractivity contribution in [2.24, 2.45) is 0 Å². The van der Waals surface area contributed by atoms with Crippen LogP contribution in [-0.4, -0.2) is 88.1 Å².